The van der Waals surface area contributed by atoms with Crippen LogP contribution >= 0.6 is 0 Å². The van der Waals surface area contributed by atoms with Crippen LogP contribution in [0.5, 0.6) is 0 Å². The number of hydrogen-bond donors (Lipinski definition) is 3. The highest BCUT2D eigenvalue weighted by Crippen LogP contribution is 2.24. The van der Waals surface area contributed by atoms with Gasteiger partial charge in [0.15, 0.2) is 0 Å². The Labute approximate surface area is 111 Å². The topological polar surface area (TPSA) is 95.7 Å². The SMILES string of the molecule is Nc1ccccc1N(CCC(=O)O)C(=O)NC1CC1. The van der Waals surface area contributed by atoms with Crippen molar-refractivity contribution in [3.8, 4) is 0 Å². The van der Waals surface area contributed by atoms with Gasteiger partial charge < -0.3 is 16.2 Å². The fourth-order valence-corrected chi connectivity index (χ4v) is 1.75. The van der Waals surface area contributed by atoms with Gasteiger partial charge in [-0.25, -0.2) is 4.79 Å². The van der Waals surface area contributed by atoms with E-state index in [0.717, 1.165) is 12.8 Å². The van der Waals surface area contributed by atoms with E-state index in [1.165, 1.54) is 4.90 Å². The second-order valence-corrected chi connectivity index (χ2v) is 4.58. The lowest BCUT2D eigenvalue weighted by molar-refractivity contribution is -0.136. The van der Waals surface area contributed by atoms with Crippen molar-refractivity contribution in [2.45, 2.75) is 25.3 Å². The molecule has 1 aromatic rings. The Morgan fingerprint density at radius 1 is 1.37 bits per heavy atom. The smallest absolute Gasteiger partial charge is 0.322 e. The molecule has 0 saturated heterocycles. The number of para-hydroxylation sites is 2. The number of hydrogen-bond acceptors (Lipinski definition) is 3. The van der Waals surface area contributed by atoms with E-state index in [2.05, 4.69) is 5.32 Å². The number of nitrogen functional groups attached to an aromatic ring is 1. The van der Waals surface area contributed by atoms with Gasteiger partial charge in [0, 0.05) is 12.6 Å². The van der Waals surface area contributed by atoms with Crippen LogP contribution in [0.15, 0.2) is 24.3 Å². The predicted molar refractivity (Wildman–Crippen MR) is 72.0 cm³/mol. The molecule has 0 aliphatic heterocycles. The molecule has 0 heterocycles. The molecule has 2 amide bonds. The minimum Gasteiger partial charge on any atom is -0.481 e. The normalized spacial score (nSPS) is 13.9. The Bertz CT molecular complexity index is 486. The van der Waals surface area contributed by atoms with E-state index in [0.29, 0.717) is 11.4 Å². The summed E-state index contributed by atoms with van der Waals surface area (Å²) in [5.74, 6) is -0.946. The first kappa shape index (κ1) is 13.2. The van der Waals surface area contributed by atoms with E-state index in [9.17, 15) is 9.59 Å². The molecule has 0 aromatic heterocycles. The summed E-state index contributed by atoms with van der Waals surface area (Å²) in [5, 5.41) is 11.6. The number of nitrogens with zero attached hydrogens (tertiary/aromatic N) is 1. The first-order valence-electron chi connectivity index (χ1n) is 6.22. The number of nitrogens with two attached hydrogens (primary N) is 1. The molecule has 1 saturated carbocycles. The Hall–Kier alpha value is -2.24. The monoisotopic (exact) mass is 263 g/mol. The third-order valence-electron chi connectivity index (χ3n) is 2.93. The summed E-state index contributed by atoms with van der Waals surface area (Å²) in [6.07, 6.45) is 1.83. The predicted octanol–water partition coefficient (Wildman–Crippen LogP) is 1.42. The number of carboxylic acids is 1. The summed E-state index contributed by atoms with van der Waals surface area (Å²) < 4.78 is 0. The first-order chi connectivity index (χ1) is 9.08. The van der Waals surface area contributed by atoms with Gasteiger partial charge in [0.2, 0.25) is 0 Å². The molecule has 1 aromatic carbocycles. The molecule has 0 radical (unpaired) electrons. The number of urea groups is 1. The molecule has 6 nitrogen and oxygen atoms in total. The van der Waals surface area contributed by atoms with Gasteiger partial charge in [-0.1, -0.05) is 12.1 Å². The number of benzene rings is 1. The Morgan fingerprint density at radius 2 is 2.05 bits per heavy atom. The fraction of sp³-hybridized carbons (Fsp3) is 0.385. The summed E-state index contributed by atoms with van der Waals surface area (Å²) in [6, 6.07) is 6.86. The molecule has 1 aliphatic carbocycles. The quantitative estimate of drug-likeness (QED) is 0.700. The lowest BCUT2D eigenvalue weighted by Gasteiger charge is -2.23. The van der Waals surface area contributed by atoms with Crippen molar-refractivity contribution in [3.63, 3.8) is 0 Å². The minimum atomic E-state index is -0.946. The lowest BCUT2D eigenvalue weighted by Crippen LogP contribution is -2.42. The van der Waals surface area contributed by atoms with Crippen molar-refractivity contribution in [1.29, 1.82) is 0 Å². The van der Waals surface area contributed by atoms with Gasteiger partial charge in [-0.3, -0.25) is 9.69 Å². The molecule has 4 N–H and O–H groups in total. The summed E-state index contributed by atoms with van der Waals surface area (Å²) >= 11 is 0. The van der Waals surface area contributed by atoms with Crippen molar-refractivity contribution >= 4 is 23.4 Å². The van der Waals surface area contributed by atoms with E-state index in [1.54, 1.807) is 24.3 Å². The van der Waals surface area contributed by atoms with Crippen LogP contribution in [-0.4, -0.2) is 29.7 Å². The van der Waals surface area contributed by atoms with Gasteiger partial charge in [-0.2, -0.15) is 0 Å². The highest BCUT2D eigenvalue weighted by Gasteiger charge is 2.27. The number of nitrogens with one attached hydrogen (secondary N) is 1. The van der Waals surface area contributed by atoms with Crippen molar-refractivity contribution < 1.29 is 14.7 Å². The van der Waals surface area contributed by atoms with E-state index < -0.39 is 5.97 Å². The van der Waals surface area contributed by atoms with E-state index in [4.69, 9.17) is 10.8 Å². The average molecular weight is 263 g/mol. The largest absolute Gasteiger partial charge is 0.481 e. The van der Waals surface area contributed by atoms with Crippen LogP contribution in [0.4, 0.5) is 16.2 Å². The van der Waals surface area contributed by atoms with Crippen molar-refractivity contribution in [2.75, 3.05) is 17.2 Å². The average Bonchev–Trinajstić information content (AvgIpc) is 3.15. The van der Waals surface area contributed by atoms with E-state index in [-0.39, 0.29) is 25.0 Å². The Morgan fingerprint density at radius 3 is 2.63 bits per heavy atom. The molecular weight excluding hydrogens is 246 g/mol. The summed E-state index contributed by atoms with van der Waals surface area (Å²) in [7, 11) is 0. The standard InChI is InChI=1S/C13H17N3O3/c14-10-3-1-2-4-11(10)16(8-7-12(17)18)13(19)15-9-5-6-9/h1-4,9H,5-8,14H2,(H,15,19)(H,17,18). The number of amides is 2. The lowest BCUT2D eigenvalue weighted by atomic mass is 10.2. The molecule has 1 aliphatic rings. The Balaban J connectivity index is 2.14. The van der Waals surface area contributed by atoms with Crippen LogP contribution in [0, 0.1) is 0 Å². The number of rotatable bonds is 5. The first-order valence-corrected chi connectivity index (χ1v) is 6.22. The van der Waals surface area contributed by atoms with Crippen molar-refractivity contribution in [2.24, 2.45) is 0 Å². The molecule has 0 bridgehead atoms. The van der Waals surface area contributed by atoms with Crippen LogP contribution in [0.3, 0.4) is 0 Å². The van der Waals surface area contributed by atoms with Crippen LogP contribution < -0.4 is 16.0 Å². The third-order valence-corrected chi connectivity index (χ3v) is 2.93. The van der Waals surface area contributed by atoms with Crippen LogP contribution in [-0.2, 0) is 4.79 Å². The molecule has 0 atom stereocenters. The van der Waals surface area contributed by atoms with Gasteiger partial charge in [0.25, 0.3) is 0 Å². The molecule has 0 unspecified atom stereocenters. The molecule has 6 heteroatoms. The van der Waals surface area contributed by atoms with Crippen LogP contribution in [0.1, 0.15) is 19.3 Å². The highest BCUT2D eigenvalue weighted by atomic mass is 16.4. The molecule has 19 heavy (non-hydrogen) atoms. The zero-order valence-electron chi connectivity index (χ0n) is 10.5. The molecule has 102 valence electrons. The second-order valence-electron chi connectivity index (χ2n) is 4.58. The molecular formula is C13H17N3O3. The molecule has 0 spiro atoms. The fourth-order valence-electron chi connectivity index (χ4n) is 1.75. The maximum atomic E-state index is 12.1. The van der Waals surface area contributed by atoms with E-state index in [1.807, 2.05) is 0 Å². The maximum absolute atomic E-state index is 12.1. The third kappa shape index (κ3) is 3.61. The maximum Gasteiger partial charge on any atom is 0.322 e. The zero-order valence-corrected chi connectivity index (χ0v) is 10.5. The summed E-state index contributed by atoms with van der Waals surface area (Å²) in [4.78, 5) is 24.2. The molecule has 2 rings (SSSR count). The van der Waals surface area contributed by atoms with Crippen molar-refractivity contribution in [1.82, 2.24) is 5.32 Å². The number of carbonyl (C=O) groups is 2. The van der Waals surface area contributed by atoms with Crippen LogP contribution in [0.25, 0.3) is 0 Å². The second kappa shape index (κ2) is 5.60. The van der Waals surface area contributed by atoms with Crippen LogP contribution in [0.2, 0.25) is 0 Å². The Kier molecular flexibility index (Phi) is 3.89. The van der Waals surface area contributed by atoms with Gasteiger partial charge in [0.1, 0.15) is 0 Å². The number of aliphatic carboxylic acids is 1. The number of carboxylic acid groups (broad SMARTS) is 1. The van der Waals surface area contributed by atoms with Gasteiger partial charge >= 0.3 is 12.0 Å². The number of carbonyl (C=O) groups excluding carboxylic acids is 1. The van der Waals surface area contributed by atoms with Crippen molar-refractivity contribution in [3.05, 3.63) is 24.3 Å². The minimum absolute atomic E-state index is 0.0993. The zero-order chi connectivity index (χ0) is 13.8. The summed E-state index contributed by atoms with van der Waals surface area (Å²) in [5.41, 5.74) is 6.84. The van der Waals surface area contributed by atoms with Gasteiger partial charge in [-0.05, 0) is 25.0 Å². The summed E-state index contributed by atoms with van der Waals surface area (Å²) in [6.45, 7) is 0.0993. The highest BCUT2D eigenvalue weighted by molar-refractivity contribution is 5.95. The number of anilines is 2. The van der Waals surface area contributed by atoms with Gasteiger partial charge in [-0.15, -0.1) is 0 Å². The van der Waals surface area contributed by atoms with E-state index >= 15 is 0 Å². The molecule has 1 fully saturated rings. The van der Waals surface area contributed by atoms with Gasteiger partial charge in [0.05, 0.1) is 17.8 Å².